The molecule has 1 aromatic rings. The van der Waals surface area contributed by atoms with E-state index in [9.17, 15) is 20.2 Å². The summed E-state index contributed by atoms with van der Waals surface area (Å²) in [6.07, 6.45) is 3.56. The van der Waals surface area contributed by atoms with Gasteiger partial charge in [0.25, 0.3) is 11.4 Å². The number of unbranched alkanes of at least 4 members (excludes halogenated alkanes) is 3. The molecule has 0 heterocycles. The van der Waals surface area contributed by atoms with E-state index >= 15 is 0 Å². The SMILES string of the molecule is NC(N)=NCCCCCCNc1ccc([N+](=O)[O-])cc1[N+](=O)[O-]. The van der Waals surface area contributed by atoms with Crippen molar-refractivity contribution in [1.82, 2.24) is 0 Å². The highest BCUT2D eigenvalue weighted by Gasteiger charge is 2.18. The Morgan fingerprint density at radius 2 is 1.78 bits per heavy atom. The van der Waals surface area contributed by atoms with E-state index in [2.05, 4.69) is 10.3 Å². The summed E-state index contributed by atoms with van der Waals surface area (Å²) in [7, 11) is 0. The Kier molecular flexibility index (Phi) is 7.24. The predicted octanol–water partition coefficient (Wildman–Crippen LogP) is 1.75. The maximum absolute atomic E-state index is 11.0. The van der Waals surface area contributed by atoms with Crippen LogP contribution in [0.3, 0.4) is 0 Å². The summed E-state index contributed by atoms with van der Waals surface area (Å²) < 4.78 is 0. The number of nitrogens with zero attached hydrogens (tertiary/aromatic N) is 3. The summed E-state index contributed by atoms with van der Waals surface area (Å²) in [5.41, 5.74) is 10.1. The van der Waals surface area contributed by atoms with Gasteiger partial charge in [-0.1, -0.05) is 12.8 Å². The largest absolute Gasteiger partial charge is 0.379 e. The number of hydrogen-bond donors (Lipinski definition) is 3. The number of benzene rings is 1. The van der Waals surface area contributed by atoms with E-state index in [1.54, 1.807) is 0 Å². The maximum atomic E-state index is 11.0. The van der Waals surface area contributed by atoms with Crippen LogP contribution in [0, 0.1) is 20.2 Å². The Balaban J connectivity index is 2.41. The van der Waals surface area contributed by atoms with Gasteiger partial charge in [-0.05, 0) is 18.9 Å². The monoisotopic (exact) mass is 324 g/mol. The van der Waals surface area contributed by atoms with Crippen LogP contribution in [0.4, 0.5) is 17.1 Å². The minimum absolute atomic E-state index is 0.0807. The zero-order chi connectivity index (χ0) is 17.2. The lowest BCUT2D eigenvalue weighted by atomic mass is 10.2. The first kappa shape index (κ1) is 18.1. The van der Waals surface area contributed by atoms with Gasteiger partial charge in [0.1, 0.15) is 5.69 Å². The molecular weight excluding hydrogens is 304 g/mol. The summed E-state index contributed by atoms with van der Waals surface area (Å²) in [6, 6.07) is 3.55. The second-order valence-electron chi connectivity index (χ2n) is 4.86. The standard InChI is InChI=1S/C13H20N6O4/c14-13(15)17-8-4-2-1-3-7-16-11-6-5-10(18(20)21)9-12(11)19(22)23/h5-6,9,16H,1-4,7-8H2,(H4,14,15,17). The number of guanidine groups is 1. The van der Waals surface area contributed by atoms with Gasteiger partial charge in [0.15, 0.2) is 5.96 Å². The van der Waals surface area contributed by atoms with Gasteiger partial charge in [0.2, 0.25) is 0 Å². The van der Waals surface area contributed by atoms with E-state index in [1.165, 1.54) is 12.1 Å². The third-order valence-corrected chi connectivity index (χ3v) is 3.08. The summed E-state index contributed by atoms with van der Waals surface area (Å²) in [5.74, 6) is 0.0807. The lowest BCUT2D eigenvalue weighted by Gasteiger charge is -2.07. The Labute approximate surface area is 132 Å². The number of nitrogens with one attached hydrogen (secondary N) is 1. The molecule has 0 spiro atoms. The number of aliphatic imine (C=N–C) groups is 1. The fourth-order valence-corrected chi connectivity index (χ4v) is 1.96. The Bertz CT molecular complexity index is 586. The third kappa shape index (κ3) is 6.59. The van der Waals surface area contributed by atoms with Gasteiger partial charge in [-0.2, -0.15) is 0 Å². The van der Waals surface area contributed by atoms with E-state index in [0.29, 0.717) is 13.1 Å². The summed E-state index contributed by atoms with van der Waals surface area (Å²) in [4.78, 5) is 24.2. The van der Waals surface area contributed by atoms with Gasteiger partial charge < -0.3 is 16.8 Å². The number of nitrogens with two attached hydrogens (primary N) is 2. The Hall–Kier alpha value is -2.91. The lowest BCUT2D eigenvalue weighted by Crippen LogP contribution is -2.22. The van der Waals surface area contributed by atoms with Crippen molar-refractivity contribution < 1.29 is 9.85 Å². The van der Waals surface area contributed by atoms with Crippen molar-refractivity contribution in [3.05, 3.63) is 38.4 Å². The van der Waals surface area contributed by atoms with E-state index in [-0.39, 0.29) is 23.0 Å². The van der Waals surface area contributed by atoms with Crippen LogP contribution in [0.1, 0.15) is 25.7 Å². The van der Waals surface area contributed by atoms with Crippen molar-refractivity contribution in [1.29, 1.82) is 0 Å². The number of anilines is 1. The molecule has 0 amide bonds. The second kappa shape index (κ2) is 9.18. The molecule has 0 radical (unpaired) electrons. The van der Waals surface area contributed by atoms with Gasteiger partial charge in [0, 0.05) is 19.2 Å². The fourth-order valence-electron chi connectivity index (χ4n) is 1.96. The number of rotatable bonds is 10. The normalized spacial score (nSPS) is 10.1. The highest BCUT2D eigenvalue weighted by molar-refractivity contribution is 5.75. The Morgan fingerprint density at radius 3 is 2.39 bits per heavy atom. The van der Waals surface area contributed by atoms with Gasteiger partial charge in [0.05, 0.1) is 15.9 Å². The van der Waals surface area contributed by atoms with Crippen LogP contribution in [-0.2, 0) is 0 Å². The molecule has 0 saturated heterocycles. The highest BCUT2D eigenvalue weighted by atomic mass is 16.6. The van der Waals surface area contributed by atoms with Crippen molar-refractivity contribution in [3.8, 4) is 0 Å². The molecule has 0 atom stereocenters. The topological polar surface area (TPSA) is 163 Å². The maximum Gasteiger partial charge on any atom is 0.299 e. The first-order chi connectivity index (χ1) is 10.9. The molecule has 1 rings (SSSR count). The highest BCUT2D eigenvalue weighted by Crippen LogP contribution is 2.28. The molecule has 23 heavy (non-hydrogen) atoms. The number of hydrogen-bond acceptors (Lipinski definition) is 6. The van der Waals surface area contributed by atoms with E-state index in [0.717, 1.165) is 31.7 Å². The van der Waals surface area contributed by atoms with Crippen LogP contribution < -0.4 is 16.8 Å². The van der Waals surface area contributed by atoms with Crippen LogP contribution in [0.15, 0.2) is 23.2 Å². The zero-order valence-corrected chi connectivity index (χ0v) is 12.6. The van der Waals surface area contributed by atoms with Gasteiger partial charge >= 0.3 is 0 Å². The first-order valence-corrected chi connectivity index (χ1v) is 7.14. The van der Waals surface area contributed by atoms with Crippen molar-refractivity contribution in [2.24, 2.45) is 16.5 Å². The average molecular weight is 324 g/mol. The fraction of sp³-hybridized carbons (Fsp3) is 0.462. The molecule has 0 aromatic heterocycles. The van der Waals surface area contributed by atoms with Crippen molar-refractivity contribution in [2.45, 2.75) is 25.7 Å². The van der Waals surface area contributed by atoms with Gasteiger partial charge in [-0.25, -0.2) is 0 Å². The van der Waals surface area contributed by atoms with Gasteiger partial charge in [-0.15, -0.1) is 0 Å². The summed E-state index contributed by atoms with van der Waals surface area (Å²) in [5, 5.41) is 24.6. The third-order valence-electron chi connectivity index (χ3n) is 3.08. The van der Waals surface area contributed by atoms with Crippen molar-refractivity contribution >= 4 is 23.0 Å². The van der Waals surface area contributed by atoms with Crippen LogP contribution in [0.5, 0.6) is 0 Å². The second-order valence-corrected chi connectivity index (χ2v) is 4.86. The molecule has 126 valence electrons. The summed E-state index contributed by atoms with van der Waals surface area (Å²) in [6.45, 7) is 1.13. The molecule has 0 fully saturated rings. The van der Waals surface area contributed by atoms with Crippen molar-refractivity contribution in [3.63, 3.8) is 0 Å². The molecular formula is C13H20N6O4. The van der Waals surface area contributed by atoms with E-state index in [1.807, 2.05) is 0 Å². The number of non-ortho nitro benzene ring substituents is 1. The minimum Gasteiger partial charge on any atom is -0.379 e. The van der Waals surface area contributed by atoms with Gasteiger partial charge in [-0.3, -0.25) is 25.2 Å². The van der Waals surface area contributed by atoms with Crippen LogP contribution >= 0.6 is 0 Å². The molecule has 0 aliphatic carbocycles. The molecule has 0 saturated carbocycles. The lowest BCUT2D eigenvalue weighted by molar-refractivity contribution is -0.393. The molecule has 0 aliphatic rings. The molecule has 0 unspecified atom stereocenters. The Morgan fingerprint density at radius 1 is 1.09 bits per heavy atom. The number of nitro benzene ring substituents is 2. The molecule has 0 bridgehead atoms. The van der Waals surface area contributed by atoms with Crippen LogP contribution in [-0.4, -0.2) is 28.9 Å². The average Bonchev–Trinajstić information content (AvgIpc) is 2.49. The quantitative estimate of drug-likeness (QED) is 0.194. The van der Waals surface area contributed by atoms with Crippen LogP contribution in [0.2, 0.25) is 0 Å². The molecule has 5 N–H and O–H groups in total. The minimum atomic E-state index is -0.659. The molecule has 10 nitrogen and oxygen atoms in total. The number of nitro groups is 2. The predicted molar refractivity (Wildman–Crippen MR) is 87.4 cm³/mol. The first-order valence-electron chi connectivity index (χ1n) is 7.14. The molecule has 1 aromatic carbocycles. The van der Waals surface area contributed by atoms with E-state index < -0.39 is 9.85 Å². The van der Waals surface area contributed by atoms with E-state index in [4.69, 9.17) is 11.5 Å². The smallest absolute Gasteiger partial charge is 0.299 e. The zero-order valence-electron chi connectivity index (χ0n) is 12.6. The summed E-state index contributed by atoms with van der Waals surface area (Å²) >= 11 is 0. The van der Waals surface area contributed by atoms with Crippen LogP contribution in [0.25, 0.3) is 0 Å². The molecule has 0 aliphatic heterocycles. The van der Waals surface area contributed by atoms with Crippen molar-refractivity contribution in [2.75, 3.05) is 18.4 Å². The molecule has 10 heteroatoms.